The van der Waals surface area contributed by atoms with Gasteiger partial charge >= 0.3 is 41.5 Å². The Balaban J connectivity index is 0.0000292. The third-order valence-electron chi connectivity index (χ3n) is 10.2. The van der Waals surface area contributed by atoms with Crippen molar-refractivity contribution in [3.63, 3.8) is 0 Å². The number of unbranched alkanes of at least 4 members (excludes halogenated alkanes) is 24. The predicted molar refractivity (Wildman–Crippen MR) is 209 cm³/mol. The largest absolute Gasteiger partial charge is 1.00 e. The van der Waals surface area contributed by atoms with Gasteiger partial charge in [-0.3, -0.25) is 9.59 Å². The van der Waals surface area contributed by atoms with Gasteiger partial charge in [0, 0.05) is 12.8 Å². The van der Waals surface area contributed by atoms with Crippen molar-refractivity contribution in [2.75, 3.05) is 19.0 Å². The van der Waals surface area contributed by atoms with Crippen molar-refractivity contribution in [2.24, 2.45) is 0 Å². The van der Waals surface area contributed by atoms with Crippen LogP contribution in [0, 0.1) is 0 Å². The number of aliphatic hydroxyl groups is 3. The van der Waals surface area contributed by atoms with Crippen LogP contribution in [0.25, 0.3) is 0 Å². The Hall–Kier alpha value is -0.350. The van der Waals surface area contributed by atoms with Crippen molar-refractivity contribution in [1.82, 2.24) is 0 Å². The molecule has 0 aromatic heterocycles. The third kappa shape index (κ3) is 30.4. The van der Waals surface area contributed by atoms with Crippen LogP contribution in [0.5, 0.6) is 0 Å². The maximum absolute atomic E-state index is 12.8. The molecule has 0 radical (unpaired) electrons. The van der Waals surface area contributed by atoms with Gasteiger partial charge < -0.3 is 38.8 Å². The van der Waals surface area contributed by atoms with Crippen molar-refractivity contribution in [2.45, 2.75) is 230 Å². The molecular formula is C41H77NaO12S. The minimum absolute atomic E-state index is 0. The Bertz CT molecular complexity index is 1030. The van der Waals surface area contributed by atoms with Crippen LogP contribution in [-0.2, 0) is 38.7 Å². The van der Waals surface area contributed by atoms with Gasteiger partial charge in [0.25, 0.3) is 0 Å². The molecule has 320 valence electrons. The maximum atomic E-state index is 12.8. The van der Waals surface area contributed by atoms with Gasteiger partial charge in [0.05, 0.1) is 22.5 Å². The first-order chi connectivity index (χ1) is 26.0. The molecule has 1 unspecified atom stereocenters. The first-order valence-corrected chi connectivity index (χ1v) is 23.2. The summed E-state index contributed by atoms with van der Waals surface area (Å²) < 4.78 is 55.7. The smallest absolute Gasteiger partial charge is 0.748 e. The zero-order valence-electron chi connectivity index (χ0n) is 34.8. The maximum Gasteiger partial charge on any atom is 1.00 e. The van der Waals surface area contributed by atoms with Gasteiger partial charge in [-0.15, -0.1) is 0 Å². The van der Waals surface area contributed by atoms with Crippen LogP contribution in [0.1, 0.15) is 194 Å². The van der Waals surface area contributed by atoms with Gasteiger partial charge in [0.2, 0.25) is 0 Å². The van der Waals surface area contributed by atoms with Crippen LogP contribution in [0.2, 0.25) is 0 Å². The van der Waals surface area contributed by atoms with E-state index in [9.17, 15) is 37.9 Å². The summed E-state index contributed by atoms with van der Waals surface area (Å²) in [6.07, 6.45) is 21.2. The Morgan fingerprint density at radius 1 is 0.582 bits per heavy atom. The molecule has 0 aromatic carbocycles. The quantitative estimate of drug-likeness (QED) is 0.0341. The van der Waals surface area contributed by atoms with E-state index in [4.69, 9.17) is 18.9 Å². The molecule has 0 saturated carbocycles. The molecule has 1 rings (SSSR count). The first kappa shape index (κ1) is 54.6. The van der Waals surface area contributed by atoms with Crippen molar-refractivity contribution in [3.05, 3.63) is 0 Å². The van der Waals surface area contributed by atoms with Crippen LogP contribution in [0.15, 0.2) is 0 Å². The van der Waals surface area contributed by atoms with Crippen molar-refractivity contribution in [1.29, 1.82) is 0 Å². The molecule has 12 nitrogen and oxygen atoms in total. The second kappa shape index (κ2) is 35.6. The van der Waals surface area contributed by atoms with Crippen LogP contribution < -0.4 is 29.6 Å². The van der Waals surface area contributed by atoms with Crippen LogP contribution in [0.4, 0.5) is 0 Å². The van der Waals surface area contributed by atoms with Gasteiger partial charge in [-0.2, -0.15) is 0 Å². The van der Waals surface area contributed by atoms with Crippen molar-refractivity contribution < 1.29 is 86.4 Å². The average molecular weight is 817 g/mol. The number of esters is 2. The molecule has 1 aliphatic rings. The molecule has 0 spiro atoms. The summed E-state index contributed by atoms with van der Waals surface area (Å²) in [4.78, 5) is 25.3. The van der Waals surface area contributed by atoms with E-state index in [0.717, 1.165) is 38.5 Å². The zero-order valence-corrected chi connectivity index (χ0v) is 37.6. The molecule has 1 aliphatic heterocycles. The molecule has 0 bridgehead atoms. The van der Waals surface area contributed by atoms with E-state index in [0.29, 0.717) is 12.8 Å². The molecule has 14 heteroatoms. The summed E-state index contributed by atoms with van der Waals surface area (Å²) in [5, 5.41) is 30.7. The number of carbonyl (C=O) groups excluding carboxylic acids is 2. The minimum atomic E-state index is -4.84. The number of ether oxygens (including phenoxy) is 4. The Labute approximate surface area is 356 Å². The summed E-state index contributed by atoms with van der Waals surface area (Å²) in [5.41, 5.74) is 0. The fourth-order valence-electron chi connectivity index (χ4n) is 6.79. The predicted octanol–water partition coefficient (Wildman–Crippen LogP) is 4.78. The number of rotatable bonds is 36. The molecule has 55 heavy (non-hydrogen) atoms. The second-order valence-electron chi connectivity index (χ2n) is 15.4. The first-order valence-electron chi connectivity index (χ1n) is 21.6. The van der Waals surface area contributed by atoms with Gasteiger partial charge in [-0.05, 0) is 12.8 Å². The average Bonchev–Trinajstić information content (AvgIpc) is 3.13. The summed E-state index contributed by atoms with van der Waals surface area (Å²) in [7, 11) is -4.84. The van der Waals surface area contributed by atoms with Crippen molar-refractivity contribution >= 4 is 22.1 Å². The van der Waals surface area contributed by atoms with Crippen molar-refractivity contribution in [3.8, 4) is 0 Å². The zero-order chi connectivity index (χ0) is 39.9. The topological polar surface area (TPSA) is 189 Å². The van der Waals surface area contributed by atoms with Crippen LogP contribution >= 0.6 is 0 Å². The standard InChI is InChI=1S/C41H78O12S.Na/c1-3-5-7-9-11-13-15-17-19-21-23-25-27-29-36(42)50-31-34(32-51-41-40(46)39(45)38(44)35(53-41)33-54(47,48)49)52-37(43)30-28-26-24-22-20-18-16-14-12-10-8-6-4-2;/h34-35,38-41,44-46H,3-33H2,1-2H3,(H,47,48,49);/q;+1/p-1/t34?,35-,38+,39+,40-,41+;/m1./s1. The van der Waals surface area contributed by atoms with E-state index < -0.39 is 71.2 Å². The Morgan fingerprint density at radius 3 is 1.36 bits per heavy atom. The van der Waals surface area contributed by atoms with E-state index >= 15 is 0 Å². The SMILES string of the molecule is CCCCCCCCCCCCCCCC(=O)OCC(CO[C@H]1O[C@H](CS(=O)(=O)[O-])[C@H](O)[C@H](O)[C@H]1O)OC(=O)CCCCCCCCCCCCCCC.[Na+]. The van der Waals surface area contributed by atoms with Crippen LogP contribution in [0.3, 0.4) is 0 Å². The van der Waals surface area contributed by atoms with Gasteiger partial charge in [0.15, 0.2) is 12.4 Å². The number of aliphatic hydroxyl groups excluding tert-OH is 3. The summed E-state index contributed by atoms with van der Waals surface area (Å²) in [5.74, 6) is -2.09. The monoisotopic (exact) mass is 817 g/mol. The van der Waals surface area contributed by atoms with E-state index in [1.165, 1.54) is 116 Å². The van der Waals surface area contributed by atoms with E-state index in [2.05, 4.69) is 13.8 Å². The fourth-order valence-corrected chi connectivity index (χ4v) is 7.47. The molecule has 6 atom stereocenters. The Morgan fingerprint density at radius 2 is 0.964 bits per heavy atom. The second-order valence-corrected chi connectivity index (χ2v) is 16.8. The van der Waals surface area contributed by atoms with Gasteiger partial charge in [-0.25, -0.2) is 8.42 Å². The summed E-state index contributed by atoms with van der Waals surface area (Å²) in [6, 6.07) is 0. The fraction of sp³-hybridized carbons (Fsp3) is 0.951. The van der Waals surface area contributed by atoms with Crippen LogP contribution in [-0.4, -0.2) is 96.0 Å². The van der Waals surface area contributed by atoms with E-state index in [-0.39, 0.29) is 49.0 Å². The normalized spacial score (nSPS) is 20.5. The molecule has 1 fully saturated rings. The number of hydrogen-bond acceptors (Lipinski definition) is 12. The molecule has 0 aromatic rings. The third-order valence-corrected chi connectivity index (χ3v) is 10.9. The molecule has 1 heterocycles. The van der Waals surface area contributed by atoms with Gasteiger partial charge in [0.1, 0.15) is 31.0 Å². The minimum Gasteiger partial charge on any atom is -0.748 e. The molecular weight excluding hydrogens is 739 g/mol. The van der Waals surface area contributed by atoms with E-state index in [1.54, 1.807) is 0 Å². The summed E-state index contributed by atoms with van der Waals surface area (Å²) >= 11 is 0. The Kier molecular flexibility index (Phi) is 35.4. The molecule has 1 saturated heterocycles. The van der Waals surface area contributed by atoms with Gasteiger partial charge in [-0.1, -0.05) is 168 Å². The molecule has 3 N–H and O–H groups in total. The molecule has 0 aliphatic carbocycles. The number of hydrogen-bond donors (Lipinski definition) is 3. The van der Waals surface area contributed by atoms with E-state index in [1.807, 2.05) is 0 Å². The molecule has 0 amide bonds. The number of carbonyl (C=O) groups is 2. The summed E-state index contributed by atoms with van der Waals surface area (Å²) in [6.45, 7) is 3.73.